The summed E-state index contributed by atoms with van der Waals surface area (Å²) in [6, 6.07) is 0. The average molecular weight is 188 g/mol. The highest BCUT2D eigenvalue weighted by Gasteiger charge is 2.56. The van der Waals surface area contributed by atoms with Crippen LogP contribution in [-0.2, 0) is 0 Å². The zero-order chi connectivity index (χ0) is 9.73. The largest absolute Gasteiger partial charge is 0.391 e. The molecule has 3 atom stereocenters. The van der Waals surface area contributed by atoms with Gasteiger partial charge in [-0.15, -0.1) is 0 Å². The summed E-state index contributed by atoms with van der Waals surface area (Å²) in [5, 5.41) is 10.1. The maximum atomic E-state index is 9.96. The predicted molar refractivity (Wildman–Crippen MR) is 55.5 cm³/mol. The van der Waals surface area contributed by atoms with Gasteiger partial charge in [0, 0.05) is 5.25 Å². The summed E-state index contributed by atoms with van der Waals surface area (Å²) >= 11 is 4.46. The summed E-state index contributed by atoms with van der Waals surface area (Å²) in [6.45, 7) is 10.9. The van der Waals surface area contributed by atoms with E-state index in [0.29, 0.717) is 5.92 Å². The number of aliphatic hydroxyl groups excluding tert-OH is 1. The van der Waals surface area contributed by atoms with Crippen LogP contribution in [0.2, 0.25) is 0 Å². The highest BCUT2D eigenvalue weighted by atomic mass is 32.1. The molecule has 0 amide bonds. The molecule has 72 valence electrons. The Hall–Kier alpha value is 0.310. The van der Waals surface area contributed by atoms with E-state index in [4.69, 9.17) is 0 Å². The van der Waals surface area contributed by atoms with E-state index >= 15 is 0 Å². The second-order valence-electron chi connectivity index (χ2n) is 5.17. The van der Waals surface area contributed by atoms with Crippen molar-refractivity contribution in [1.82, 2.24) is 0 Å². The minimum atomic E-state index is -0.286. The van der Waals surface area contributed by atoms with Crippen LogP contribution in [0.3, 0.4) is 0 Å². The van der Waals surface area contributed by atoms with E-state index in [2.05, 4.69) is 47.2 Å². The molecule has 1 aliphatic rings. The van der Waals surface area contributed by atoms with E-state index < -0.39 is 0 Å². The lowest BCUT2D eigenvalue weighted by atomic mass is 9.67. The first-order valence-corrected chi connectivity index (χ1v) is 5.10. The van der Waals surface area contributed by atoms with Crippen LogP contribution in [0.25, 0.3) is 0 Å². The maximum Gasteiger partial charge on any atom is 0.0715 e. The Morgan fingerprint density at radius 2 is 1.50 bits per heavy atom. The van der Waals surface area contributed by atoms with Crippen LogP contribution in [0.1, 0.15) is 34.6 Å². The van der Waals surface area contributed by atoms with Crippen molar-refractivity contribution in [3.8, 4) is 0 Å². The summed E-state index contributed by atoms with van der Waals surface area (Å²) in [6.07, 6.45) is -0.286. The number of thiol groups is 1. The topological polar surface area (TPSA) is 20.2 Å². The molecule has 1 rings (SSSR count). The molecule has 0 saturated heterocycles. The summed E-state index contributed by atoms with van der Waals surface area (Å²) in [4.78, 5) is 0. The lowest BCUT2D eigenvalue weighted by molar-refractivity contribution is 0.0158. The third kappa shape index (κ3) is 1.04. The van der Waals surface area contributed by atoms with Gasteiger partial charge in [-0.05, 0) is 16.7 Å². The number of aliphatic hydroxyl groups is 1. The van der Waals surface area contributed by atoms with Crippen molar-refractivity contribution in [2.45, 2.75) is 46.0 Å². The number of hydrogen-bond acceptors (Lipinski definition) is 2. The second kappa shape index (κ2) is 2.65. The molecule has 1 saturated carbocycles. The molecule has 0 radical (unpaired) electrons. The van der Waals surface area contributed by atoms with Gasteiger partial charge in [-0.2, -0.15) is 12.6 Å². The molecule has 12 heavy (non-hydrogen) atoms. The van der Waals surface area contributed by atoms with E-state index in [0.717, 1.165) is 0 Å². The average Bonchev–Trinajstić information content (AvgIpc) is 2.05. The van der Waals surface area contributed by atoms with Gasteiger partial charge in [0.2, 0.25) is 0 Å². The van der Waals surface area contributed by atoms with Gasteiger partial charge in [0.05, 0.1) is 6.10 Å². The Balaban J connectivity index is 3.06. The fourth-order valence-electron chi connectivity index (χ4n) is 2.10. The Kier molecular flexibility index (Phi) is 2.29. The molecule has 0 spiro atoms. The van der Waals surface area contributed by atoms with Crippen LogP contribution < -0.4 is 0 Å². The Bertz CT molecular complexity index is 166. The maximum absolute atomic E-state index is 9.96. The second-order valence-corrected chi connectivity index (χ2v) is 5.76. The third-order valence-electron chi connectivity index (χ3n) is 4.37. The van der Waals surface area contributed by atoms with E-state index in [9.17, 15) is 5.11 Å². The highest BCUT2D eigenvalue weighted by Crippen LogP contribution is 2.56. The van der Waals surface area contributed by atoms with Crippen molar-refractivity contribution >= 4 is 12.6 Å². The van der Waals surface area contributed by atoms with Gasteiger partial charge in [0.25, 0.3) is 0 Å². The molecule has 0 aliphatic heterocycles. The fraction of sp³-hybridized carbons (Fsp3) is 1.00. The summed E-state index contributed by atoms with van der Waals surface area (Å²) in [5.74, 6) is 0.464. The molecule has 1 nitrogen and oxygen atoms in total. The van der Waals surface area contributed by atoms with Gasteiger partial charge in [-0.25, -0.2) is 0 Å². The monoisotopic (exact) mass is 188 g/mol. The summed E-state index contributed by atoms with van der Waals surface area (Å²) in [7, 11) is 0. The normalized spacial score (nSPS) is 44.8. The quantitative estimate of drug-likeness (QED) is 0.559. The Morgan fingerprint density at radius 3 is 1.58 bits per heavy atom. The van der Waals surface area contributed by atoms with Gasteiger partial charge in [-0.3, -0.25) is 0 Å². The Labute approximate surface area is 81.0 Å². The third-order valence-corrected chi connectivity index (χ3v) is 5.10. The lowest BCUT2D eigenvalue weighted by Gasteiger charge is -2.39. The highest BCUT2D eigenvalue weighted by molar-refractivity contribution is 7.81. The molecule has 1 N–H and O–H groups in total. The minimum absolute atomic E-state index is 0.0289. The van der Waals surface area contributed by atoms with Crippen LogP contribution >= 0.6 is 12.6 Å². The molecule has 0 aromatic rings. The van der Waals surface area contributed by atoms with Crippen molar-refractivity contribution in [1.29, 1.82) is 0 Å². The van der Waals surface area contributed by atoms with Crippen molar-refractivity contribution in [2.75, 3.05) is 0 Å². The SMILES string of the molecule is C[C@@H]1[C@H](S)[C@H](O)C(C)(C)C1(C)C. The molecule has 2 heteroatoms. The van der Waals surface area contributed by atoms with Gasteiger partial charge in [0.15, 0.2) is 0 Å². The summed E-state index contributed by atoms with van der Waals surface area (Å²) < 4.78 is 0. The van der Waals surface area contributed by atoms with Crippen LogP contribution in [0, 0.1) is 16.7 Å². The van der Waals surface area contributed by atoms with E-state index in [1.807, 2.05) is 0 Å². The van der Waals surface area contributed by atoms with Crippen molar-refractivity contribution in [2.24, 2.45) is 16.7 Å². The Morgan fingerprint density at radius 1 is 1.08 bits per heavy atom. The first-order valence-electron chi connectivity index (χ1n) is 4.59. The van der Waals surface area contributed by atoms with Crippen LogP contribution in [0.15, 0.2) is 0 Å². The van der Waals surface area contributed by atoms with Gasteiger partial charge < -0.3 is 5.11 Å². The molecule has 0 heterocycles. The van der Waals surface area contributed by atoms with Crippen molar-refractivity contribution in [3.63, 3.8) is 0 Å². The number of hydrogen-bond donors (Lipinski definition) is 2. The first kappa shape index (κ1) is 10.4. The van der Waals surface area contributed by atoms with Crippen LogP contribution in [0.4, 0.5) is 0 Å². The molecular weight excluding hydrogens is 168 g/mol. The van der Waals surface area contributed by atoms with Gasteiger partial charge >= 0.3 is 0 Å². The molecule has 0 aromatic carbocycles. The first-order chi connectivity index (χ1) is 5.23. The molecule has 0 unspecified atom stereocenters. The molecule has 0 aromatic heterocycles. The molecule has 0 bridgehead atoms. The molecule has 1 fully saturated rings. The fourth-order valence-corrected chi connectivity index (χ4v) is 2.84. The smallest absolute Gasteiger partial charge is 0.0715 e. The zero-order valence-electron chi connectivity index (χ0n) is 8.63. The van der Waals surface area contributed by atoms with Gasteiger partial charge in [0.1, 0.15) is 0 Å². The van der Waals surface area contributed by atoms with E-state index in [-0.39, 0.29) is 22.2 Å². The van der Waals surface area contributed by atoms with E-state index in [1.165, 1.54) is 0 Å². The zero-order valence-corrected chi connectivity index (χ0v) is 9.52. The lowest BCUT2D eigenvalue weighted by Crippen LogP contribution is -2.36. The molecular formula is C10H20OS. The van der Waals surface area contributed by atoms with Crippen molar-refractivity contribution < 1.29 is 5.11 Å². The van der Waals surface area contributed by atoms with Crippen LogP contribution in [-0.4, -0.2) is 16.5 Å². The van der Waals surface area contributed by atoms with Crippen LogP contribution in [0.5, 0.6) is 0 Å². The standard InChI is InChI=1S/C10H20OS/c1-6-7(12)8(11)10(4,5)9(6,2)3/h6-8,11-12H,1-5H3/t6-,7+,8+/m1/s1. The van der Waals surface area contributed by atoms with E-state index in [1.54, 1.807) is 0 Å². The molecule has 1 aliphatic carbocycles. The summed E-state index contributed by atoms with van der Waals surface area (Å²) in [5.41, 5.74) is 0.137. The van der Waals surface area contributed by atoms with Gasteiger partial charge in [-0.1, -0.05) is 34.6 Å². The number of rotatable bonds is 0. The minimum Gasteiger partial charge on any atom is -0.391 e. The van der Waals surface area contributed by atoms with Crippen molar-refractivity contribution in [3.05, 3.63) is 0 Å². The predicted octanol–water partition coefficient (Wildman–Crippen LogP) is 2.35.